The van der Waals surface area contributed by atoms with Gasteiger partial charge in [-0.2, -0.15) is 0 Å². The Balaban J connectivity index is 2.05. The Bertz CT molecular complexity index is 347. The zero-order valence-electron chi connectivity index (χ0n) is 8.76. The van der Waals surface area contributed by atoms with Gasteiger partial charge in [0.25, 0.3) is 0 Å². The van der Waals surface area contributed by atoms with Crippen LogP contribution in [0, 0.1) is 5.92 Å². The number of hydrogen-bond acceptors (Lipinski definition) is 1. The van der Waals surface area contributed by atoms with Crippen LogP contribution in [0.2, 0.25) is 10.0 Å². The molecule has 2 rings (SSSR count). The third kappa shape index (κ3) is 2.87. The van der Waals surface area contributed by atoms with Crippen LogP contribution in [0.15, 0.2) is 18.2 Å². The molecular weight excluding hydrogens is 229 g/mol. The molecule has 15 heavy (non-hydrogen) atoms. The topological polar surface area (TPSA) is 12.0 Å². The van der Waals surface area contributed by atoms with Gasteiger partial charge >= 0.3 is 0 Å². The van der Waals surface area contributed by atoms with E-state index >= 15 is 0 Å². The first kappa shape index (κ1) is 11.3. The van der Waals surface area contributed by atoms with Crippen LogP contribution < -0.4 is 5.32 Å². The van der Waals surface area contributed by atoms with Gasteiger partial charge in [0.05, 0.1) is 10.0 Å². The van der Waals surface area contributed by atoms with E-state index in [2.05, 4.69) is 11.4 Å². The van der Waals surface area contributed by atoms with E-state index < -0.39 is 0 Å². The van der Waals surface area contributed by atoms with E-state index in [9.17, 15) is 0 Å². The Morgan fingerprint density at radius 2 is 2.07 bits per heavy atom. The molecule has 0 bridgehead atoms. The van der Waals surface area contributed by atoms with Crippen LogP contribution in [0.1, 0.15) is 18.4 Å². The van der Waals surface area contributed by atoms with E-state index in [1.807, 2.05) is 19.2 Å². The van der Waals surface area contributed by atoms with Crippen LogP contribution in [0.3, 0.4) is 0 Å². The van der Waals surface area contributed by atoms with Gasteiger partial charge in [0.15, 0.2) is 0 Å². The van der Waals surface area contributed by atoms with E-state index in [-0.39, 0.29) is 0 Å². The lowest BCUT2D eigenvalue weighted by atomic mass is 10.0. The lowest BCUT2D eigenvalue weighted by Gasteiger charge is -2.15. The Hall–Kier alpha value is -0.240. The second-order valence-electron chi connectivity index (χ2n) is 4.19. The van der Waals surface area contributed by atoms with Crippen molar-refractivity contribution in [3.63, 3.8) is 0 Å². The average Bonchev–Trinajstić information content (AvgIpc) is 3.03. The van der Waals surface area contributed by atoms with Crippen LogP contribution in [-0.2, 0) is 6.42 Å². The molecule has 3 heteroatoms. The van der Waals surface area contributed by atoms with Crippen molar-refractivity contribution in [2.24, 2.45) is 5.92 Å². The van der Waals surface area contributed by atoms with Gasteiger partial charge in [-0.25, -0.2) is 0 Å². The van der Waals surface area contributed by atoms with E-state index in [0.717, 1.165) is 12.3 Å². The normalized spacial score (nSPS) is 17.8. The minimum atomic E-state index is 0.585. The summed E-state index contributed by atoms with van der Waals surface area (Å²) in [6, 6.07) is 6.48. The molecule has 1 unspecified atom stereocenters. The van der Waals surface area contributed by atoms with Crippen LogP contribution >= 0.6 is 23.2 Å². The molecule has 0 spiro atoms. The maximum Gasteiger partial charge on any atom is 0.0595 e. The summed E-state index contributed by atoms with van der Waals surface area (Å²) in [5.74, 6) is 0.851. The molecule has 1 aromatic rings. The smallest absolute Gasteiger partial charge is 0.0595 e. The summed E-state index contributed by atoms with van der Waals surface area (Å²) < 4.78 is 0. The molecule has 1 aromatic carbocycles. The summed E-state index contributed by atoms with van der Waals surface area (Å²) in [5.41, 5.74) is 1.26. The molecule has 82 valence electrons. The number of hydrogen-bond donors (Lipinski definition) is 1. The summed E-state index contributed by atoms with van der Waals surface area (Å²) >= 11 is 11.9. The van der Waals surface area contributed by atoms with Crippen LogP contribution in [-0.4, -0.2) is 13.1 Å². The van der Waals surface area contributed by atoms with Gasteiger partial charge in [0, 0.05) is 6.04 Å². The summed E-state index contributed by atoms with van der Waals surface area (Å²) in [7, 11) is 2.03. The molecule has 1 N–H and O–H groups in total. The highest BCUT2D eigenvalue weighted by Crippen LogP contribution is 2.34. The molecule has 1 atom stereocenters. The molecule has 0 saturated heterocycles. The van der Waals surface area contributed by atoms with Crippen molar-refractivity contribution in [1.29, 1.82) is 0 Å². The molecule has 0 heterocycles. The van der Waals surface area contributed by atoms with Gasteiger partial charge in [0.1, 0.15) is 0 Å². The second-order valence-corrected chi connectivity index (χ2v) is 5.00. The van der Waals surface area contributed by atoms with Crippen molar-refractivity contribution >= 4 is 23.2 Å². The van der Waals surface area contributed by atoms with Crippen LogP contribution in [0.25, 0.3) is 0 Å². The molecule has 1 aliphatic rings. The van der Waals surface area contributed by atoms with Crippen LogP contribution in [0.5, 0.6) is 0 Å². The van der Waals surface area contributed by atoms with Gasteiger partial charge < -0.3 is 5.32 Å². The fourth-order valence-electron chi connectivity index (χ4n) is 1.92. The molecule has 0 aromatic heterocycles. The summed E-state index contributed by atoms with van der Waals surface area (Å²) in [6.45, 7) is 0. The lowest BCUT2D eigenvalue weighted by molar-refractivity contribution is 0.500. The molecule has 0 radical (unpaired) electrons. The first-order valence-electron chi connectivity index (χ1n) is 5.32. The molecule has 0 aliphatic heterocycles. The van der Waals surface area contributed by atoms with Gasteiger partial charge in [0.2, 0.25) is 0 Å². The van der Waals surface area contributed by atoms with Crippen molar-refractivity contribution in [2.45, 2.75) is 25.3 Å². The highest BCUT2D eigenvalue weighted by atomic mass is 35.5. The zero-order chi connectivity index (χ0) is 10.8. The van der Waals surface area contributed by atoms with E-state index in [1.165, 1.54) is 18.4 Å². The largest absolute Gasteiger partial charge is 0.316 e. The maximum absolute atomic E-state index is 5.98. The van der Waals surface area contributed by atoms with Crippen molar-refractivity contribution in [2.75, 3.05) is 7.05 Å². The Labute approximate surface area is 101 Å². The first-order valence-corrected chi connectivity index (χ1v) is 6.07. The number of nitrogens with one attached hydrogen (secondary N) is 1. The second kappa shape index (κ2) is 4.73. The van der Waals surface area contributed by atoms with E-state index in [0.29, 0.717) is 16.1 Å². The summed E-state index contributed by atoms with van der Waals surface area (Å²) in [4.78, 5) is 0. The molecule has 1 nitrogen and oxygen atoms in total. The minimum absolute atomic E-state index is 0.585. The molecular formula is C12H15Cl2N. The fourth-order valence-corrected chi connectivity index (χ4v) is 2.24. The molecule has 1 saturated carbocycles. The van der Waals surface area contributed by atoms with Crippen molar-refractivity contribution < 1.29 is 0 Å². The average molecular weight is 244 g/mol. The Kier molecular flexibility index (Phi) is 3.55. The maximum atomic E-state index is 5.98. The number of likely N-dealkylation sites (N-methyl/N-ethyl adjacent to an activating group) is 1. The quantitative estimate of drug-likeness (QED) is 0.854. The first-order chi connectivity index (χ1) is 7.20. The summed E-state index contributed by atoms with van der Waals surface area (Å²) in [5, 5.41) is 4.66. The highest BCUT2D eigenvalue weighted by molar-refractivity contribution is 6.42. The van der Waals surface area contributed by atoms with Crippen molar-refractivity contribution in [3.05, 3.63) is 33.8 Å². The fraction of sp³-hybridized carbons (Fsp3) is 0.500. The third-order valence-electron chi connectivity index (χ3n) is 3.00. The van der Waals surface area contributed by atoms with Crippen molar-refractivity contribution in [3.8, 4) is 0 Å². The highest BCUT2D eigenvalue weighted by Gasteiger charge is 2.29. The minimum Gasteiger partial charge on any atom is -0.316 e. The molecule has 1 aliphatic carbocycles. The van der Waals surface area contributed by atoms with Crippen molar-refractivity contribution in [1.82, 2.24) is 5.32 Å². The molecule has 0 amide bonds. The summed E-state index contributed by atoms with van der Waals surface area (Å²) in [6.07, 6.45) is 3.75. The van der Waals surface area contributed by atoms with Gasteiger partial charge in [-0.05, 0) is 49.9 Å². The molecule has 1 fully saturated rings. The monoisotopic (exact) mass is 243 g/mol. The van der Waals surface area contributed by atoms with Gasteiger partial charge in [-0.15, -0.1) is 0 Å². The van der Waals surface area contributed by atoms with Gasteiger partial charge in [-0.1, -0.05) is 29.3 Å². The number of benzene rings is 1. The standard InChI is InChI=1S/C12H15Cl2N/c1-15-12(9-3-4-9)7-8-2-5-10(13)11(14)6-8/h2,5-6,9,12,15H,3-4,7H2,1H3. The Morgan fingerprint density at radius 1 is 1.33 bits per heavy atom. The SMILES string of the molecule is CNC(Cc1ccc(Cl)c(Cl)c1)C1CC1. The zero-order valence-corrected chi connectivity index (χ0v) is 10.3. The number of halogens is 2. The van der Waals surface area contributed by atoms with Gasteiger partial charge in [-0.3, -0.25) is 0 Å². The lowest BCUT2D eigenvalue weighted by Crippen LogP contribution is -2.29. The van der Waals surface area contributed by atoms with E-state index in [1.54, 1.807) is 0 Å². The predicted octanol–water partition coefficient (Wildman–Crippen LogP) is 3.53. The van der Waals surface area contributed by atoms with Crippen LogP contribution in [0.4, 0.5) is 0 Å². The number of rotatable bonds is 4. The third-order valence-corrected chi connectivity index (χ3v) is 3.74. The Morgan fingerprint density at radius 3 is 2.60 bits per heavy atom. The predicted molar refractivity (Wildman–Crippen MR) is 65.7 cm³/mol. The van der Waals surface area contributed by atoms with E-state index in [4.69, 9.17) is 23.2 Å².